The third-order valence-corrected chi connectivity index (χ3v) is 7.17. The van der Waals surface area contributed by atoms with Gasteiger partial charge >= 0.3 is 0 Å². The zero-order valence-corrected chi connectivity index (χ0v) is 22.0. The summed E-state index contributed by atoms with van der Waals surface area (Å²) in [6.07, 6.45) is 3.77. The van der Waals surface area contributed by atoms with E-state index in [1.165, 1.54) is 5.56 Å². The minimum Gasteiger partial charge on any atom is -0.464 e. The molecule has 6 rings (SSSR count). The number of aryl methyl sites for hydroxylation is 2. The van der Waals surface area contributed by atoms with E-state index in [9.17, 15) is 0 Å². The number of furan rings is 1. The van der Waals surface area contributed by atoms with Crippen molar-refractivity contribution in [1.82, 2.24) is 20.3 Å². The molecule has 192 valence electrons. The van der Waals surface area contributed by atoms with Crippen molar-refractivity contribution in [3.63, 3.8) is 0 Å². The summed E-state index contributed by atoms with van der Waals surface area (Å²) in [5, 5.41) is 8.08. The third-order valence-electron chi connectivity index (χ3n) is 7.17. The Morgan fingerprint density at radius 1 is 0.921 bits per heavy atom. The largest absolute Gasteiger partial charge is 0.464 e. The van der Waals surface area contributed by atoms with Gasteiger partial charge in [-0.1, -0.05) is 18.2 Å². The average Bonchev–Trinajstić information content (AvgIpc) is 3.33. The van der Waals surface area contributed by atoms with Crippen molar-refractivity contribution >= 4 is 22.6 Å². The minimum atomic E-state index is 0.0591. The topological polar surface area (TPSA) is 79.1 Å². The van der Waals surface area contributed by atoms with Crippen molar-refractivity contribution < 1.29 is 4.42 Å². The van der Waals surface area contributed by atoms with Crippen molar-refractivity contribution in [2.24, 2.45) is 0 Å². The highest BCUT2D eigenvalue weighted by Gasteiger charge is 2.14. The van der Waals surface area contributed by atoms with E-state index < -0.39 is 0 Å². The lowest BCUT2D eigenvalue weighted by molar-refractivity contribution is 0.585. The number of nitrogens with zero attached hydrogens (tertiary/aromatic N) is 4. The van der Waals surface area contributed by atoms with Crippen LogP contribution in [-0.4, -0.2) is 41.1 Å². The number of benzene rings is 2. The molecule has 0 spiro atoms. The van der Waals surface area contributed by atoms with Crippen LogP contribution in [0.4, 0.5) is 11.6 Å². The molecular weight excluding hydrogens is 472 g/mol. The van der Waals surface area contributed by atoms with Crippen LogP contribution in [0.25, 0.3) is 33.4 Å². The van der Waals surface area contributed by atoms with Crippen molar-refractivity contribution in [3.05, 3.63) is 90.1 Å². The number of piperazine rings is 1. The summed E-state index contributed by atoms with van der Waals surface area (Å²) in [5.41, 5.74) is 7.38. The van der Waals surface area contributed by atoms with Crippen LogP contribution in [0.2, 0.25) is 0 Å². The molecule has 4 heterocycles. The Labute approximate surface area is 223 Å². The molecule has 38 heavy (non-hydrogen) atoms. The Bertz CT molecular complexity index is 1570. The number of hydrogen-bond donors (Lipinski definition) is 2. The van der Waals surface area contributed by atoms with Crippen molar-refractivity contribution in [2.45, 2.75) is 26.8 Å². The lowest BCUT2D eigenvalue weighted by Gasteiger charge is -2.28. The van der Waals surface area contributed by atoms with Crippen LogP contribution in [0.5, 0.6) is 0 Å². The summed E-state index contributed by atoms with van der Waals surface area (Å²) in [4.78, 5) is 16.5. The molecule has 1 saturated heterocycles. The molecule has 1 atom stereocenters. The Balaban J connectivity index is 1.21. The second-order valence-corrected chi connectivity index (χ2v) is 9.95. The third kappa shape index (κ3) is 4.97. The van der Waals surface area contributed by atoms with Gasteiger partial charge in [0, 0.05) is 61.0 Å². The smallest absolute Gasteiger partial charge is 0.134 e. The Kier molecular flexibility index (Phi) is 6.52. The first-order valence-corrected chi connectivity index (χ1v) is 13.2. The number of hydrogen-bond acceptors (Lipinski definition) is 7. The molecule has 0 saturated carbocycles. The minimum absolute atomic E-state index is 0.0591. The average molecular weight is 505 g/mol. The highest BCUT2D eigenvalue weighted by atomic mass is 16.3. The zero-order chi connectivity index (χ0) is 26.1. The van der Waals surface area contributed by atoms with Crippen molar-refractivity contribution in [3.8, 4) is 22.4 Å². The van der Waals surface area contributed by atoms with Gasteiger partial charge in [-0.25, -0.2) is 15.0 Å². The van der Waals surface area contributed by atoms with E-state index in [1.807, 2.05) is 31.3 Å². The normalized spacial score (nSPS) is 14.6. The molecular formula is C31H32N6O. The Morgan fingerprint density at radius 2 is 1.76 bits per heavy atom. The zero-order valence-electron chi connectivity index (χ0n) is 22.0. The molecule has 1 fully saturated rings. The van der Waals surface area contributed by atoms with Gasteiger partial charge < -0.3 is 20.0 Å². The summed E-state index contributed by atoms with van der Waals surface area (Å²) < 4.78 is 5.61. The summed E-state index contributed by atoms with van der Waals surface area (Å²) in [7, 11) is 0. The molecule has 0 aliphatic carbocycles. The standard InChI is InChI=1S/C31H32N6O/c1-20-19-38-29-9-7-25(16-27(20)29)28-17-30(36-22(3)35-28)34-21(2)23-5-4-6-24(15-23)26-8-10-31(33-18-26)37-13-11-32-12-14-37/h4-10,15-19,21,32H,11-14H2,1-3H3,(H,34,35,36). The highest BCUT2D eigenvalue weighted by Crippen LogP contribution is 2.29. The maximum Gasteiger partial charge on any atom is 0.134 e. The predicted octanol–water partition coefficient (Wildman–Crippen LogP) is 6.15. The number of nitrogens with one attached hydrogen (secondary N) is 2. The van der Waals surface area contributed by atoms with E-state index in [0.29, 0.717) is 0 Å². The van der Waals surface area contributed by atoms with Gasteiger partial charge in [-0.2, -0.15) is 0 Å². The van der Waals surface area contributed by atoms with Crippen LogP contribution < -0.4 is 15.5 Å². The summed E-state index contributed by atoms with van der Waals surface area (Å²) in [5.74, 6) is 2.57. The van der Waals surface area contributed by atoms with Crippen LogP contribution in [-0.2, 0) is 0 Å². The molecule has 2 N–H and O–H groups in total. The van der Waals surface area contributed by atoms with Gasteiger partial charge in [-0.05, 0) is 73.9 Å². The van der Waals surface area contributed by atoms with Gasteiger partial charge in [0.05, 0.1) is 12.0 Å². The van der Waals surface area contributed by atoms with E-state index in [-0.39, 0.29) is 6.04 Å². The maximum atomic E-state index is 5.61. The van der Waals surface area contributed by atoms with Gasteiger partial charge in [0.1, 0.15) is 23.0 Å². The quantitative estimate of drug-likeness (QED) is 0.287. The first-order chi connectivity index (χ1) is 18.5. The van der Waals surface area contributed by atoms with Crippen LogP contribution in [0.15, 0.2) is 77.5 Å². The van der Waals surface area contributed by atoms with Crippen LogP contribution >= 0.6 is 0 Å². The van der Waals surface area contributed by atoms with Gasteiger partial charge in [0.2, 0.25) is 0 Å². The number of pyridine rings is 1. The lowest BCUT2D eigenvalue weighted by Crippen LogP contribution is -2.43. The second-order valence-electron chi connectivity index (χ2n) is 9.95. The first-order valence-electron chi connectivity index (χ1n) is 13.2. The number of aromatic nitrogens is 3. The number of rotatable bonds is 6. The maximum absolute atomic E-state index is 5.61. The van der Waals surface area contributed by atoms with Crippen LogP contribution in [0, 0.1) is 13.8 Å². The van der Waals surface area contributed by atoms with Crippen LogP contribution in [0.3, 0.4) is 0 Å². The van der Waals surface area contributed by atoms with Crippen LogP contribution in [0.1, 0.15) is 29.9 Å². The van der Waals surface area contributed by atoms with Gasteiger partial charge in [-0.15, -0.1) is 0 Å². The van der Waals surface area contributed by atoms with Gasteiger partial charge in [-0.3, -0.25) is 0 Å². The predicted molar refractivity (Wildman–Crippen MR) is 154 cm³/mol. The molecule has 0 radical (unpaired) electrons. The molecule has 7 nitrogen and oxygen atoms in total. The molecule has 0 amide bonds. The SMILES string of the molecule is Cc1nc(NC(C)c2cccc(-c3ccc(N4CCNCC4)nc3)c2)cc(-c2ccc3occ(C)c3c2)n1. The Hall–Kier alpha value is -4.23. The monoisotopic (exact) mass is 504 g/mol. The lowest BCUT2D eigenvalue weighted by atomic mass is 10.0. The van der Waals surface area contributed by atoms with Crippen molar-refractivity contribution in [2.75, 3.05) is 36.4 Å². The van der Waals surface area contributed by atoms with E-state index in [1.54, 1.807) is 6.26 Å². The first kappa shape index (κ1) is 24.1. The summed E-state index contributed by atoms with van der Waals surface area (Å²) in [6, 6.07) is 21.2. The van der Waals surface area contributed by atoms with E-state index >= 15 is 0 Å². The van der Waals surface area contributed by atoms with Gasteiger partial charge in [0.25, 0.3) is 0 Å². The van der Waals surface area contributed by atoms with E-state index in [0.717, 1.165) is 82.6 Å². The molecule has 1 unspecified atom stereocenters. The van der Waals surface area contributed by atoms with E-state index in [4.69, 9.17) is 14.4 Å². The molecule has 0 bridgehead atoms. The molecule has 7 heteroatoms. The molecule has 5 aromatic rings. The molecule has 2 aromatic carbocycles. The molecule has 3 aromatic heterocycles. The van der Waals surface area contributed by atoms with E-state index in [2.05, 4.69) is 76.8 Å². The van der Waals surface area contributed by atoms with Crippen molar-refractivity contribution in [1.29, 1.82) is 0 Å². The fraction of sp³-hybridized carbons (Fsp3) is 0.258. The fourth-order valence-corrected chi connectivity index (χ4v) is 5.04. The number of anilines is 2. The highest BCUT2D eigenvalue weighted by molar-refractivity contribution is 5.85. The molecule has 1 aliphatic rings. The van der Waals surface area contributed by atoms with Gasteiger partial charge in [0.15, 0.2) is 0 Å². The molecule has 1 aliphatic heterocycles. The second kappa shape index (κ2) is 10.3. The number of fused-ring (bicyclic) bond motifs is 1. The Morgan fingerprint density at radius 3 is 2.58 bits per heavy atom. The summed E-state index contributed by atoms with van der Waals surface area (Å²) >= 11 is 0. The fourth-order valence-electron chi connectivity index (χ4n) is 5.04. The summed E-state index contributed by atoms with van der Waals surface area (Å²) in [6.45, 7) is 10.1.